The van der Waals surface area contributed by atoms with Crippen LogP contribution in [0.25, 0.3) is 0 Å². The lowest BCUT2D eigenvalue weighted by Crippen LogP contribution is -2.20. The summed E-state index contributed by atoms with van der Waals surface area (Å²) >= 11 is 0. The smallest absolute Gasteiger partial charge is 0.404 e. The van der Waals surface area contributed by atoms with Crippen LogP contribution in [-0.4, -0.2) is 55.5 Å². The maximum absolute atomic E-state index is 11.0. The molecule has 10 nitrogen and oxygen atoms in total. The summed E-state index contributed by atoms with van der Waals surface area (Å²) in [4.78, 5) is 40.7. The van der Waals surface area contributed by atoms with Gasteiger partial charge in [-0.1, -0.05) is 26.0 Å². The Hall–Kier alpha value is -2.88. The SMILES string of the molecule is C=C(C)C(=O)OCCO.CC1=CC(=O)CC(C)(C)C1.CCOC(N)=O.CCOC(N)=O. The Morgan fingerprint density at radius 3 is 1.74 bits per heavy atom. The minimum absolute atomic E-state index is 0.0473. The van der Waals surface area contributed by atoms with Crippen molar-refractivity contribution in [1.29, 1.82) is 0 Å². The molecule has 0 fully saturated rings. The fourth-order valence-electron chi connectivity index (χ4n) is 2.21. The molecular formula is C21H38N2O8. The summed E-state index contributed by atoms with van der Waals surface area (Å²) in [5.74, 6) is -0.169. The molecule has 0 aromatic carbocycles. The molecule has 0 spiro atoms. The number of allylic oxidation sites excluding steroid dienone is 2. The molecule has 1 rings (SSSR count). The number of aliphatic hydroxyl groups excluding tert-OH is 1. The highest BCUT2D eigenvalue weighted by atomic mass is 16.5. The number of hydrogen-bond acceptors (Lipinski definition) is 8. The van der Waals surface area contributed by atoms with Crippen molar-refractivity contribution in [2.45, 2.75) is 54.4 Å². The topological polar surface area (TPSA) is 168 Å². The Morgan fingerprint density at radius 2 is 1.52 bits per heavy atom. The van der Waals surface area contributed by atoms with Gasteiger partial charge in [-0.3, -0.25) is 4.79 Å². The van der Waals surface area contributed by atoms with Gasteiger partial charge in [0, 0.05) is 12.0 Å². The van der Waals surface area contributed by atoms with Crippen molar-refractivity contribution in [2.75, 3.05) is 26.4 Å². The lowest BCUT2D eigenvalue weighted by Gasteiger charge is -2.27. The van der Waals surface area contributed by atoms with E-state index in [1.165, 1.54) is 5.57 Å². The third-order valence-corrected chi connectivity index (χ3v) is 3.06. The van der Waals surface area contributed by atoms with Crippen LogP contribution in [0.3, 0.4) is 0 Å². The number of aliphatic hydroxyl groups is 1. The third-order valence-electron chi connectivity index (χ3n) is 3.06. The van der Waals surface area contributed by atoms with Gasteiger partial charge in [0.05, 0.1) is 19.8 Å². The van der Waals surface area contributed by atoms with E-state index in [1.807, 2.05) is 6.92 Å². The second kappa shape index (κ2) is 19.1. The zero-order valence-corrected chi connectivity index (χ0v) is 19.5. The molecular weight excluding hydrogens is 408 g/mol. The number of rotatable bonds is 5. The molecule has 1 aliphatic carbocycles. The Balaban J connectivity index is -0.000000347. The van der Waals surface area contributed by atoms with E-state index in [9.17, 15) is 19.2 Å². The van der Waals surface area contributed by atoms with E-state index in [0.29, 0.717) is 25.2 Å². The number of esters is 1. The van der Waals surface area contributed by atoms with E-state index in [0.717, 1.165) is 6.42 Å². The molecule has 180 valence electrons. The minimum atomic E-state index is -0.711. The molecule has 0 bridgehead atoms. The van der Waals surface area contributed by atoms with Crippen LogP contribution in [0.15, 0.2) is 23.8 Å². The van der Waals surface area contributed by atoms with Gasteiger partial charge in [0.2, 0.25) is 0 Å². The largest absolute Gasteiger partial charge is 0.460 e. The highest BCUT2D eigenvalue weighted by Crippen LogP contribution is 2.32. The molecule has 0 aromatic rings. The van der Waals surface area contributed by atoms with E-state index in [-0.39, 0.29) is 24.4 Å². The van der Waals surface area contributed by atoms with Crippen LogP contribution < -0.4 is 11.5 Å². The Morgan fingerprint density at radius 1 is 1.06 bits per heavy atom. The number of ether oxygens (including phenoxy) is 3. The normalized spacial score (nSPS) is 13.3. The summed E-state index contributed by atoms with van der Waals surface area (Å²) in [5, 5.41) is 8.19. The summed E-state index contributed by atoms with van der Waals surface area (Å²) in [6.07, 6.45) is 2.13. The highest BCUT2D eigenvalue weighted by molar-refractivity contribution is 5.91. The molecule has 0 heterocycles. The van der Waals surface area contributed by atoms with Crippen LogP contribution in [0.2, 0.25) is 0 Å². The quantitative estimate of drug-likeness (QED) is 0.329. The summed E-state index contributed by atoms with van der Waals surface area (Å²) in [6.45, 7) is 15.2. The van der Waals surface area contributed by atoms with Gasteiger partial charge in [0.25, 0.3) is 0 Å². The van der Waals surface area contributed by atoms with Gasteiger partial charge in [0.1, 0.15) is 6.61 Å². The van der Waals surface area contributed by atoms with Crippen molar-refractivity contribution in [3.63, 3.8) is 0 Å². The third kappa shape index (κ3) is 27.1. The standard InChI is InChI=1S/C9H14O.C6H10O3.2C3H7NO2/c1-7-4-8(10)6-9(2,3)5-7;1-5(2)6(8)9-4-3-7;2*1-2-6-3(4)5/h4H,5-6H2,1-3H3;7H,1,3-4H2,2H3;2*2H2,1H3,(H2,4,5). The molecule has 0 radical (unpaired) electrons. The number of carbonyl (C=O) groups excluding carboxylic acids is 4. The van der Waals surface area contributed by atoms with Gasteiger partial charge >= 0.3 is 18.2 Å². The Labute approximate surface area is 184 Å². The number of hydrogen-bond donors (Lipinski definition) is 3. The zero-order chi connectivity index (χ0) is 25.0. The summed E-state index contributed by atoms with van der Waals surface area (Å²) in [7, 11) is 0. The number of nitrogens with two attached hydrogens (primary N) is 2. The van der Waals surface area contributed by atoms with E-state index in [4.69, 9.17) is 5.11 Å². The molecule has 0 saturated heterocycles. The van der Waals surface area contributed by atoms with Crippen LogP contribution in [0, 0.1) is 5.41 Å². The molecule has 10 heteroatoms. The van der Waals surface area contributed by atoms with E-state index in [2.05, 4.69) is 46.1 Å². The predicted molar refractivity (Wildman–Crippen MR) is 117 cm³/mol. The molecule has 0 aliphatic heterocycles. The van der Waals surface area contributed by atoms with Gasteiger partial charge in [-0.05, 0) is 45.6 Å². The lowest BCUT2D eigenvalue weighted by atomic mass is 9.77. The first-order valence-corrected chi connectivity index (χ1v) is 9.70. The summed E-state index contributed by atoms with van der Waals surface area (Å²) < 4.78 is 12.8. The van der Waals surface area contributed by atoms with Crippen molar-refractivity contribution in [3.8, 4) is 0 Å². The van der Waals surface area contributed by atoms with Crippen molar-refractivity contribution in [3.05, 3.63) is 23.8 Å². The van der Waals surface area contributed by atoms with Crippen LogP contribution in [0.1, 0.15) is 54.4 Å². The van der Waals surface area contributed by atoms with Gasteiger partial charge < -0.3 is 30.8 Å². The maximum atomic E-state index is 11.0. The monoisotopic (exact) mass is 446 g/mol. The molecule has 0 saturated carbocycles. The average Bonchev–Trinajstić information content (AvgIpc) is 2.58. The number of ketones is 1. The molecule has 0 atom stereocenters. The molecule has 2 amide bonds. The van der Waals surface area contributed by atoms with Crippen LogP contribution >= 0.6 is 0 Å². The first kappa shape index (κ1) is 32.8. The fraction of sp³-hybridized carbons (Fsp3) is 0.619. The summed E-state index contributed by atoms with van der Waals surface area (Å²) in [6, 6.07) is 0. The minimum Gasteiger partial charge on any atom is -0.460 e. The molecule has 31 heavy (non-hydrogen) atoms. The first-order chi connectivity index (χ1) is 14.2. The second-order valence-electron chi connectivity index (χ2n) is 7.12. The molecule has 0 unspecified atom stereocenters. The Bertz CT molecular complexity index is 597. The van der Waals surface area contributed by atoms with Gasteiger partial charge in [0.15, 0.2) is 5.78 Å². The maximum Gasteiger partial charge on any atom is 0.404 e. The number of amides is 2. The van der Waals surface area contributed by atoms with Crippen LogP contribution in [0.5, 0.6) is 0 Å². The first-order valence-electron chi connectivity index (χ1n) is 9.70. The predicted octanol–water partition coefficient (Wildman–Crippen LogP) is 2.62. The van der Waals surface area contributed by atoms with Crippen molar-refractivity contribution < 1.29 is 38.5 Å². The van der Waals surface area contributed by atoms with Crippen molar-refractivity contribution in [2.24, 2.45) is 16.9 Å². The van der Waals surface area contributed by atoms with Gasteiger partial charge in [-0.2, -0.15) is 0 Å². The number of carbonyl (C=O) groups is 4. The Kier molecular flexibility index (Phi) is 20.2. The van der Waals surface area contributed by atoms with E-state index in [1.54, 1.807) is 26.8 Å². The second-order valence-corrected chi connectivity index (χ2v) is 7.12. The van der Waals surface area contributed by atoms with E-state index < -0.39 is 18.2 Å². The molecule has 5 N–H and O–H groups in total. The van der Waals surface area contributed by atoms with Crippen molar-refractivity contribution in [1.82, 2.24) is 0 Å². The average molecular weight is 447 g/mol. The highest BCUT2D eigenvalue weighted by Gasteiger charge is 2.25. The van der Waals surface area contributed by atoms with E-state index >= 15 is 0 Å². The fourth-order valence-corrected chi connectivity index (χ4v) is 2.21. The molecule has 0 aromatic heterocycles. The number of primary amides is 2. The van der Waals surface area contributed by atoms with Crippen LogP contribution in [0.4, 0.5) is 9.59 Å². The zero-order valence-electron chi connectivity index (χ0n) is 19.5. The van der Waals surface area contributed by atoms with Crippen LogP contribution in [-0.2, 0) is 23.8 Å². The van der Waals surface area contributed by atoms with Gasteiger partial charge in [-0.25, -0.2) is 14.4 Å². The van der Waals surface area contributed by atoms with Crippen molar-refractivity contribution >= 4 is 23.9 Å². The summed E-state index contributed by atoms with van der Waals surface area (Å²) in [5.41, 5.74) is 10.9. The lowest BCUT2D eigenvalue weighted by molar-refractivity contribution is -0.139. The molecule has 1 aliphatic rings. The van der Waals surface area contributed by atoms with Gasteiger partial charge in [-0.15, -0.1) is 0 Å².